The van der Waals surface area contributed by atoms with E-state index in [4.69, 9.17) is 11.6 Å². The summed E-state index contributed by atoms with van der Waals surface area (Å²) in [5.74, 6) is -1.16. The molecule has 0 bridgehead atoms. The maximum atomic E-state index is 13.1. The summed E-state index contributed by atoms with van der Waals surface area (Å²) in [6.07, 6.45) is -0.104. The second-order valence-electron chi connectivity index (χ2n) is 8.23. The Morgan fingerprint density at radius 1 is 1.03 bits per heavy atom. The topological polar surface area (TPSA) is 81.7 Å². The molecule has 4 rings (SSSR count). The van der Waals surface area contributed by atoms with Crippen molar-refractivity contribution < 1.29 is 14.7 Å². The first kappa shape index (κ1) is 22.6. The molecule has 0 fully saturated rings. The molecule has 0 aromatic heterocycles. The fourth-order valence-electron chi connectivity index (χ4n) is 3.94. The Bertz CT molecular complexity index is 1270. The van der Waals surface area contributed by atoms with Crippen molar-refractivity contribution in [3.05, 3.63) is 94.0 Å². The van der Waals surface area contributed by atoms with Crippen molar-refractivity contribution in [2.75, 3.05) is 24.7 Å². The zero-order valence-electron chi connectivity index (χ0n) is 18.4. The number of nitrogens with zero attached hydrogens (tertiary/aromatic N) is 1. The van der Waals surface area contributed by atoms with Crippen LogP contribution in [-0.4, -0.2) is 36.0 Å². The van der Waals surface area contributed by atoms with Gasteiger partial charge in [0.05, 0.1) is 23.4 Å². The Kier molecular flexibility index (Phi) is 6.49. The van der Waals surface area contributed by atoms with Crippen molar-refractivity contribution in [2.24, 2.45) is 0 Å². The lowest BCUT2D eigenvalue weighted by atomic mass is 9.98. The molecule has 7 heteroatoms. The number of carboxylic acid groups (broad SMARTS) is 1. The third-order valence-corrected chi connectivity index (χ3v) is 5.48. The van der Waals surface area contributed by atoms with E-state index in [0.29, 0.717) is 27.5 Å². The first-order chi connectivity index (χ1) is 15.8. The molecule has 3 aromatic rings. The van der Waals surface area contributed by atoms with Gasteiger partial charge < -0.3 is 20.6 Å². The lowest BCUT2D eigenvalue weighted by Gasteiger charge is -2.17. The van der Waals surface area contributed by atoms with Gasteiger partial charge in [0.25, 0.3) is 5.91 Å². The zero-order chi connectivity index (χ0) is 23.5. The van der Waals surface area contributed by atoms with E-state index in [1.807, 2.05) is 50.5 Å². The predicted molar refractivity (Wildman–Crippen MR) is 132 cm³/mol. The Hall–Kier alpha value is -3.61. The van der Waals surface area contributed by atoms with Crippen molar-refractivity contribution in [3.63, 3.8) is 0 Å². The second kappa shape index (κ2) is 9.48. The van der Waals surface area contributed by atoms with Gasteiger partial charge in [-0.2, -0.15) is 0 Å². The standard InChI is InChI=1S/C26H24ClN3O3/c1-30(2)15-17-6-4-8-20(12-17)28-25(18-7-3-5-16(11-18)13-23(31)32)24-21-10-9-19(27)14-22(21)29-26(24)33/h3-12,14,28H,13,15H2,1-2H3,(H,29,33)(H,31,32). The monoisotopic (exact) mass is 461 g/mol. The highest BCUT2D eigenvalue weighted by molar-refractivity contribution is 6.38. The molecular formula is C26H24ClN3O3. The van der Waals surface area contributed by atoms with Gasteiger partial charge in [-0.1, -0.05) is 48.0 Å². The number of nitrogens with one attached hydrogen (secondary N) is 2. The largest absolute Gasteiger partial charge is 0.481 e. The Morgan fingerprint density at radius 2 is 1.79 bits per heavy atom. The van der Waals surface area contributed by atoms with Crippen molar-refractivity contribution in [1.29, 1.82) is 0 Å². The maximum Gasteiger partial charge on any atom is 0.307 e. The van der Waals surface area contributed by atoms with Crippen LogP contribution < -0.4 is 10.6 Å². The van der Waals surface area contributed by atoms with Crippen LogP contribution in [0.1, 0.15) is 22.3 Å². The number of carbonyl (C=O) groups is 2. The maximum absolute atomic E-state index is 13.1. The Labute approximate surface area is 197 Å². The smallest absolute Gasteiger partial charge is 0.307 e. The molecule has 0 atom stereocenters. The molecule has 6 nitrogen and oxygen atoms in total. The van der Waals surface area contributed by atoms with Gasteiger partial charge in [-0.3, -0.25) is 9.59 Å². The van der Waals surface area contributed by atoms with Crippen LogP contribution in [0.15, 0.2) is 66.7 Å². The van der Waals surface area contributed by atoms with Gasteiger partial charge in [0, 0.05) is 22.8 Å². The van der Waals surface area contributed by atoms with Crippen molar-refractivity contribution in [1.82, 2.24) is 4.90 Å². The zero-order valence-corrected chi connectivity index (χ0v) is 19.1. The Balaban J connectivity index is 1.85. The molecule has 168 valence electrons. The number of rotatable bonds is 7. The molecule has 0 aliphatic carbocycles. The predicted octanol–water partition coefficient (Wildman–Crippen LogP) is 4.96. The van der Waals surface area contributed by atoms with E-state index in [-0.39, 0.29) is 12.3 Å². The van der Waals surface area contributed by atoms with Crippen molar-refractivity contribution in [2.45, 2.75) is 13.0 Å². The summed E-state index contributed by atoms with van der Waals surface area (Å²) in [5.41, 5.74) is 5.78. The van der Waals surface area contributed by atoms with Crippen LogP contribution in [-0.2, 0) is 22.6 Å². The first-order valence-corrected chi connectivity index (χ1v) is 10.9. The van der Waals surface area contributed by atoms with E-state index in [9.17, 15) is 14.7 Å². The summed E-state index contributed by atoms with van der Waals surface area (Å²) in [6, 6.07) is 20.5. The fraction of sp³-hybridized carbons (Fsp3) is 0.154. The van der Waals surface area contributed by atoms with Crippen LogP contribution in [0.25, 0.3) is 11.3 Å². The van der Waals surface area contributed by atoms with E-state index in [1.54, 1.807) is 30.3 Å². The van der Waals surface area contributed by atoms with Crippen LogP contribution in [0.3, 0.4) is 0 Å². The molecule has 1 amide bonds. The quantitative estimate of drug-likeness (QED) is 0.433. The summed E-state index contributed by atoms with van der Waals surface area (Å²) in [6.45, 7) is 0.775. The number of halogens is 1. The summed E-state index contributed by atoms with van der Waals surface area (Å²) in [4.78, 5) is 26.4. The molecule has 3 N–H and O–H groups in total. The Morgan fingerprint density at radius 3 is 2.55 bits per heavy atom. The summed E-state index contributed by atoms with van der Waals surface area (Å²) in [7, 11) is 4.01. The first-order valence-electron chi connectivity index (χ1n) is 10.5. The van der Waals surface area contributed by atoms with Crippen molar-refractivity contribution >= 4 is 46.1 Å². The minimum absolute atomic E-state index is 0.104. The summed E-state index contributed by atoms with van der Waals surface area (Å²) in [5, 5.41) is 16.1. The van der Waals surface area contributed by atoms with E-state index in [1.165, 1.54) is 0 Å². The number of fused-ring (bicyclic) bond motifs is 1. The van der Waals surface area contributed by atoms with Crippen LogP contribution in [0, 0.1) is 0 Å². The van der Waals surface area contributed by atoms with Gasteiger partial charge in [-0.15, -0.1) is 0 Å². The van der Waals surface area contributed by atoms with Gasteiger partial charge in [-0.25, -0.2) is 0 Å². The molecule has 0 unspecified atom stereocenters. The number of anilines is 2. The molecule has 1 heterocycles. The lowest BCUT2D eigenvalue weighted by Crippen LogP contribution is -2.12. The van der Waals surface area contributed by atoms with Gasteiger partial charge in [0.15, 0.2) is 0 Å². The van der Waals surface area contributed by atoms with Gasteiger partial charge in [0.2, 0.25) is 0 Å². The molecule has 1 aliphatic heterocycles. The van der Waals surface area contributed by atoms with E-state index >= 15 is 0 Å². The third kappa shape index (κ3) is 5.25. The number of benzene rings is 3. The average molecular weight is 462 g/mol. The van der Waals surface area contributed by atoms with E-state index < -0.39 is 5.97 Å². The molecule has 0 spiro atoms. The van der Waals surface area contributed by atoms with Gasteiger partial charge in [-0.05, 0) is 61.1 Å². The molecule has 0 radical (unpaired) electrons. The van der Waals surface area contributed by atoms with Gasteiger partial charge in [0.1, 0.15) is 0 Å². The molecule has 0 saturated heterocycles. The number of carbonyl (C=O) groups excluding carboxylic acids is 1. The van der Waals surface area contributed by atoms with Crippen LogP contribution in [0.4, 0.5) is 11.4 Å². The van der Waals surface area contributed by atoms with E-state index in [2.05, 4.69) is 15.5 Å². The number of carboxylic acids is 1. The van der Waals surface area contributed by atoms with Crippen LogP contribution in [0.5, 0.6) is 0 Å². The second-order valence-corrected chi connectivity index (χ2v) is 8.66. The molecule has 3 aromatic carbocycles. The number of aliphatic carboxylic acids is 1. The highest BCUT2D eigenvalue weighted by atomic mass is 35.5. The van der Waals surface area contributed by atoms with Gasteiger partial charge >= 0.3 is 5.97 Å². The minimum Gasteiger partial charge on any atom is -0.481 e. The molecule has 1 aliphatic rings. The fourth-order valence-corrected chi connectivity index (χ4v) is 4.11. The average Bonchev–Trinajstić information content (AvgIpc) is 3.06. The number of amides is 1. The minimum atomic E-state index is -0.913. The normalized spacial score (nSPS) is 14.1. The molecule has 33 heavy (non-hydrogen) atoms. The highest BCUT2D eigenvalue weighted by Crippen LogP contribution is 2.39. The van der Waals surface area contributed by atoms with Crippen molar-refractivity contribution in [3.8, 4) is 0 Å². The number of hydrogen-bond donors (Lipinski definition) is 3. The molecule has 0 saturated carbocycles. The highest BCUT2D eigenvalue weighted by Gasteiger charge is 2.28. The van der Waals surface area contributed by atoms with E-state index in [0.717, 1.165) is 28.9 Å². The summed E-state index contributed by atoms with van der Waals surface area (Å²) >= 11 is 6.13. The lowest BCUT2D eigenvalue weighted by molar-refractivity contribution is -0.136. The van der Waals surface area contributed by atoms with Crippen LogP contribution >= 0.6 is 11.6 Å². The molecular weight excluding hydrogens is 438 g/mol. The van der Waals surface area contributed by atoms with Crippen LogP contribution in [0.2, 0.25) is 5.02 Å². The number of hydrogen-bond acceptors (Lipinski definition) is 4. The third-order valence-electron chi connectivity index (χ3n) is 5.24. The summed E-state index contributed by atoms with van der Waals surface area (Å²) < 4.78 is 0. The SMILES string of the molecule is CN(C)Cc1cccc(NC(=C2C(=O)Nc3cc(Cl)ccc32)c2cccc(CC(=O)O)c2)c1.